The fourth-order valence-corrected chi connectivity index (χ4v) is 6.22. The molecule has 8 heteroatoms. The number of hydrogen-bond acceptors (Lipinski definition) is 6. The van der Waals surface area contributed by atoms with E-state index in [1.165, 1.54) is 44.7 Å². The van der Waals surface area contributed by atoms with Crippen molar-refractivity contribution < 1.29 is 20.0 Å². The standard InChI is InChI=1S/C35H30N4O3S/c1-22-15-23(2)17-28(16-22)39-14-6-7-24-18-25(10-12-32(24)39)33-13-11-29(43-33)20-30(31(37)19-26(21-36)35(41)42)34(40)38-27-8-4-3-5-9-27/h3-5,8-13,15-20,37H,6-7,14H2,1-2H3,(H,38,40)(H,41,42)/p+1/b26-19+,30-20-,37-31?. The quantitative estimate of drug-likeness (QED) is 0.0943. The maximum Gasteiger partial charge on any atom is 0.349 e. The molecule has 3 aromatic carbocycles. The largest absolute Gasteiger partial charge is 0.477 e. The van der Waals surface area contributed by atoms with E-state index in [1.54, 1.807) is 36.4 Å². The van der Waals surface area contributed by atoms with Crippen molar-refractivity contribution in [3.63, 3.8) is 0 Å². The predicted octanol–water partition coefficient (Wildman–Crippen LogP) is 6.48. The number of anilines is 2. The van der Waals surface area contributed by atoms with E-state index in [0.717, 1.165) is 40.8 Å². The molecule has 0 saturated heterocycles. The first-order valence-corrected chi connectivity index (χ1v) is 14.7. The number of aliphatic carboxylic acids is 1. The molecule has 2 heterocycles. The average Bonchev–Trinajstić information content (AvgIpc) is 3.46. The number of nitrogens with one attached hydrogen (secondary N) is 1. The number of nitrogens with two attached hydrogens (primary N) is 1. The van der Waals surface area contributed by atoms with Gasteiger partial charge in [0.1, 0.15) is 22.9 Å². The van der Waals surface area contributed by atoms with Crippen molar-refractivity contribution in [1.82, 2.24) is 0 Å². The van der Waals surface area contributed by atoms with Crippen LogP contribution >= 0.6 is 11.3 Å². The van der Waals surface area contributed by atoms with Crippen LogP contribution in [0.1, 0.15) is 28.0 Å². The van der Waals surface area contributed by atoms with Crippen LogP contribution in [-0.2, 0) is 16.0 Å². The Morgan fingerprint density at radius 1 is 1.02 bits per heavy atom. The second-order valence-electron chi connectivity index (χ2n) is 10.5. The molecule has 7 nitrogen and oxygen atoms in total. The van der Waals surface area contributed by atoms with Gasteiger partial charge in [-0.1, -0.05) is 30.3 Å². The number of primary amides is 1. The molecular weight excluding hydrogens is 556 g/mol. The van der Waals surface area contributed by atoms with Crippen LogP contribution in [0.15, 0.2) is 96.1 Å². The number of fused-ring (bicyclic) bond motifs is 1. The van der Waals surface area contributed by atoms with E-state index in [4.69, 9.17) is 5.41 Å². The number of para-hydroxylation sites is 1. The molecule has 0 atom stereocenters. The van der Waals surface area contributed by atoms with Gasteiger partial charge in [-0.3, -0.25) is 5.41 Å². The summed E-state index contributed by atoms with van der Waals surface area (Å²) in [7, 11) is 0. The number of quaternary nitrogens is 1. The number of nitrogens with zero attached hydrogens (tertiary/aromatic N) is 2. The summed E-state index contributed by atoms with van der Waals surface area (Å²) in [6, 6.07) is 27.6. The van der Waals surface area contributed by atoms with Crippen LogP contribution in [0.4, 0.5) is 17.1 Å². The second-order valence-corrected chi connectivity index (χ2v) is 11.6. The highest BCUT2D eigenvalue weighted by Gasteiger charge is 2.22. The minimum Gasteiger partial charge on any atom is -0.477 e. The zero-order valence-electron chi connectivity index (χ0n) is 23.9. The zero-order chi connectivity index (χ0) is 30.5. The third-order valence-corrected chi connectivity index (χ3v) is 8.29. The van der Waals surface area contributed by atoms with Gasteiger partial charge in [-0.25, -0.2) is 14.9 Å². The predicted molar refractivity (Wildman–Crippen MR) is 171 cm³/mol. The van der Waals surface area contributed by atoms with Gasteiger partial charge in [0, 0.05) is 27.7 Å². The Balaban J connectivity index is 1.46. The van der Waals surface area contributed by atoms with Crippen LogP contribution in [0.25, 0.3) is 16.5 Å². The molecule has 0 fully saturated rings. The number of carboxylic acids is 1. The van der Waals surface area contributed by atoms with Gasteiger partial charge in [-0.05, 0) is 110 Å². The van der Waals surface area contributed by atoms with E-state index >= 15 is 0 Å². The Bertz CT molecular complexity index is 1810. The van der Waals surface area contributed by atoms with Crippen LogP contribution < -0.4 is 10.2 Å². The lowest BCUT2D eigenvalue weighted by atomic mass is 9.97. The van der Waals surface area contributed by atoms with E-state index in [2.05, 4.69) is 55.1 Å². The summed E-state index contributed by atoms with van der Waals surface area (Å²) in [5, 5.41) is 28.4. The SMILES string of the molecule is Cc1cc(C)cc(N2CCCc3cc(-c4ccc(/C=C(/C(=N)/C=C(\C#N)C(=O)O)C(=O)[NH2+]c5ccccc5)s4)ccc32)c1. The van der Waals surface area contributed by atoms with Crippen LogP contribution in [0, 0.1) is 30.6 Å². The Hall–Kier alpha value is -5.10. The number of nitriles is 1. The first kappa shape index (κ1) is 29.4. The monoisotopic (exact) mass is 587 g/mol. The van der Waals surface area contributed by atoms with Gasteiger partial charge in [0.15, 0.2) is 0 Å². The van der Waals surface area contributed by atoms with Crippen molar-refractivity contribution in [2.45, 2.75) is 26.7 Å². The number of carbonyl (C=O) groups is 2. The lowest BCUT2D eigenvalue weighted by molar-refractivity contribution is -0.478. The molecule has 1 aromatic heterocycles. The lowest BCUT2D eigenvalue weighted by Crippen LogP contribution is -2.83. The van der Waals surface area contributed by atoms with Crippen molar-refractivity contribution >= 4 is 52.1 Å². The van der Waals surface area contributed by atoms with Gasteiger partial charge in [-0.2, -0.15) is 5.26 Å². The van der Waals surface area contributed by atoms with Gasteiger partial charge in [0.25, 0.3) is 0 Å². The van der Waals surface area contributed by atoms with Crippen molar-refractivity contribution in [1.29, 1.82) is 10.7 Å². The highest BCUT2D eigenvalue weighted by atomic mass is 32.1. The van der Waals surface area contributed by atoms with Crippen LogP contribution in [0.2, 0.25) is 0 Å². The molecule has 1 aliphatic rings. The minimum atomic E-state index is -1.45. The number of aryl methyl sites for hydroxylation is 3. The van der Waals surface area contributed by atoms with Gasteiger partial charge in [0.2, 0.25) is 0 Å². The van der Waals surface area contributed by atoms with E-state index in [-0.39, 0.29) is 11.3 Å². The normalized spacial score (nSPS) is 13.3. The smallest absolute Gasteiger partial charge is 0.349 e. The van der Waals surface area contributed by atoms with E-state index in [0.29, 0.717) is 5.69 Å². The molecule has 4 aromatic rings. The first-order chi connectivity index (χ1) is 20.7. The van der Waals surface area contributed by atoms with Crippen molar-refractivity contribution in [2.24, 2.45) is 0 Å². The Morgan fingerprint density at radius 2 is 1.77 bits per heavy atom. The summed E-state index contributed by atoms with van der Waals surface area (Å²) >= 11 is 1.48. The maximum absolute atomic E-state index is 13.3. The summed E-state index contributed by atoms with van der Waals surface area (Å²) in [5.41, 5.74) is 6.97. The summed E-state index contributed by atoms with van der Waals surface area (Å²) < 4.78 is 0. The first-order valence-electron chi connectivity index (χ1n) is 13.9. The number of amides is 1. The van der Waals surface area contributed by atoms with Crippen LogP contribution in [0.5, 0.6) is 0 Å². The fourth-order valence-electron chi connectivity index (χ4n) is 5.28. The Morgan fingerprint density at radius 3 is 2.47 bits per heavy atom. The molecule has 5 rings (SSSR count). The molecule has 0 unspecified atom stereocenters. The van der Waals surface area contributed by atoms with Crippen molar-refractivity contribution in [2.75, 3.05) is 11.4 Å². The van der Waals surface area contributed by atoms with Crippen molar-refractivity contribution in [3.8, 4) is 16.5 Å². The van der Waals surface area contributed by atoms with E-state index < -0.39 is 17.4 Å². The Kier molecular flexibility index (Phi) is 8.77. The van der Waals surface area contributed by atoms with Gasteiger partial charge in [0.05, 0.1) is 5.71 Å². The minimum absolute atomic E-state index is 0.000726. The molecular formula is C35H31N4O3S+. The third-order valence-electron chi connectivity index (χ3n) is 7.21. The highest BCUT2D eigenvalue weighted by molar-refractivity contribution is 7.16. The number of thiophene rings is 1. The van der Waals surface area contributed by atoms with Crippen LogP contribution in [0.3, 0.4) is 0 Å². The van der Waals surface area contributed by atoms with E-state index in [1.807, 2.05) is 18.2 Å². The number of benzene rings is 3. The topological polar surface area (TPSA) is 122 Å². The lowest BCUT2D eigenvalue weighted by Gasteiger charge is -2.32. The second kappa shape index (κ2) is 12.8. The molecule has 214 valence electrons. The van der Waals surface area contributed by atoms with Gasteiger partial charge < -0.3 is 10.0 Å². The molecule has 43 heavy (non-hydrogen) atoms. The molecule has 4 N–H and O–H groups in total. The van der Waals surface area contributed by atoms with Gasteiger partial charge >= 0.3 is 11.9 Å². The van der Waals surface area contributed by atoms with Crippen molar-refractivity contribution in [3.05, 3.63) is 118 Å². The summed E-state index contributed by atoms with van der Waals surface area (Å²) in [5.74, 6) is -1.90. The average molecular weight is 588 g/mol. The fraction of sp³-hybridized carbons (Fsp3) is 0.143. The number of carbonyl (C=O) groups excluding carboxylic acids is 1. The maximum atomic E-state index is 13.3. The number of allylic oxidation sites excluding steroid dienone is 1. The molecule has 0 radical (unpaired) electrons. The number of hydrogen-bond donors (Lipinski definition) is 3. The molecule has 1 aliphatic heterocycles. The molecule has 0 bridgehead atoms. The molecule has 0 spiro atoms. The molecule has 0 saturated carbocycles. The number of carboxylic acid groups (broad SMARTS) is 1. The molecule has 1 amide bonds. The summed E-state index contributed by atoms with van der Waals surface area (Å²) in [4.78, 5) is 28.8. The van der Waals surface area contributed by atoms with Gasteiger partial charge in [-0.15, -0.1) is 11.3 Å². The summed E-state index contributed by atoms with van der Waals surface area (Å²) in [6.45, 7) is 5.21. The van der Waals surface area contributed by atoms with Crippen LogP contribution in [-0.4, -0.2) is 29.2 Å². The summed E-state index contributed by atoms with van der Waals surface area (Å²) in [6.07, 6.45) is 4.56. The molecule has 0 aliphatic carbocycles. The third kappa shape index (κ3) is 6.87. The van der Waals surface area contributed by atoms with E-state index in [9.17, 15) is 20.0 Å². The number of rotatable bonds is 8. The highest BCUT2D eigenvalue weighted by Crippen LogP contribution is 2.38. The zero-order valence-corrected chi connectivity index (χ0v) is 24.7. The Labute approximate surface area is 254 Å².